The quantitative estimate of drug-likeness (QED) is 0.626. The molecule has 3 heteroatoms. The first-order valence-electron chi connectivity index (χ1n) is 4.91. The minimum absolute atomic E-state index is 0.153. The Labute approximate surface area is 79.4 Å². The molecule has 13 heavy (non-hydrogen) atoms. The summed E-state index contributed by atoms with van der Waals surface area (Å²) in [6, 6.07) is 0. The highest BCUT2D eigenvalue weighted by Crippen LogP contribution is 2.20. The van der Waals surface area contributed by atoms with E-state index in [0.717, 1.165) is 19.5 Å². The lowest BCUT2D eigenvalue weighted by Crippen LogP contribution is -2.34. The van der Waals surface area contributed by atoms with Crippen molar-refractivity contribution in [3.05, 3.63) is 0 Å². The van der Waals surface area contributed by atoms with Crippen molar-refractivity contribution in [2.75, 3.05) is 13.2 Å². The van der Waals surface area contributed by atoms with Crippen LogP contribution in [0.1, 0.15) is 26.7 Å². The van der Waals surface area contributed by atoms with Crippen LogP contribution in [0.2, 0.25) is 0 Å². The van der Waals surface area contributed by atoms with Gasteiger partial charge in [-0.15, -0.1) is 0 Å². The van der Waals surface area contributed by atoms with Crippen LogP contribution in [0.3, 0.4) is 0 Å². The molecule has 3 nitrogen and oxygen atoms in total. The number of hydrogen-bond acceptors (Lipinski definition) is 3. The van der Waals surface area contributed by atoms with Crippen molar-refractivity contribution in [1.29, 1.82) is 0 Å². The predicted octanol–water partition coefficient (Wildman–Crippen LogP) is 1.61. The average molecular weight is 186 g/mol. The van der Waals surface area contributed by atoms with Crippen molar-refractivity contribution in [3.63, 3.8) is 0 Å². The van der Waals surface area contributed by atoms with E-state index < -0.39 is 0 Å². The van der Waals surface area contributed by atoms with Gasteiger partial charge < -0.3 is 14.3 Å². The third-order valence-corrected chi connectivity index (χ3v) is 2.46. The molecule has 0 aliphatic carbocycles. The van der Waals surface area contributed by atoms with E-state index in [1.54, 1.807) is 0 Å². The maximum atomic E-state index is 10.1. The molecule has 1 aliphatic rings. The highest BCUT2D eigenvalue weighted by molar-refractivity contribution is 5.49. The Hall–Kier alpha value is -0.410. The Kier molecular flexibility index (Phi) is 4.39. The molecule has 1 rings (SSSR count). The highest BCUT2D eigenvalue weighted by atomic mass is 16.7. The number of aldehydes is 1. The van der Waals surface area contributed by atoms with Gasteiger partial charge >= 0.3 is 0 Å². The van der Waals surface area contributed by atoms with Crippen molar-refractivity contribution < 1.29 is 14.3 Å². The molecule has 76 valence electrons. The average Bonchev–Trinajstić information content (AvgIpc) is 2.15. The van der Waals surface area contributed by atoms with Gasteiger partial charge in [-0.05, 0) is 5.92 Å². The van der Waals surface area contributed by atoms with Gasteiger partial charge in [-0.2, -0.15) is 0 Å². The van der Waals surface area contributed by atoms with Gasteiger partial charge in [0.2, 0.25) is 0 Å². The fourth-order valence-electron chi connectivity index (χ4n) is 1.31. The zero-order chi connectivity index (χ0) is 9.68. The molecule has 0 aromatic carbocycles. The lowest BCUT2D eigenvalue weighted by Gasteiger charge is -2.31. The second-order valence-corrected chi connectivity index (χ2v) is 3.84. The molecule has 0 amide bonds. The molecule has 1 aliphatic heterocycles. The Morgan fingerprint density at radius 1 is 1.38 bits per heavy atom. The smallest absolute Gasteiger partial charge is 0.158 e. The minimum Gasteiger partial charge on any atom is -0.352 e. The Bertz CT molecular complexity index is 148. The van der Waals surface area contributed by atoms with Crippen molar-refractivity contribution in [3.8, 4) is 0 Å². The molecule has 1 heterocycles. The van der Waals surface area contributed by atoms with Crippen molar-refractivity contribution in [2.24, 2.45) is 11.8 Å². The topological polar surface area (TPSA) is 35.5 Å². The second kappa shape index (κ2) is 5.35. The van der Waals surface area contributed by atoms with Crippen molar-refractivity contribution in [2.45, 2.75) is 33.0 Å². The first kappa shape index (κ1) is 10.7. The molecule has 0 radical (unpaired) electrons. The number of carbonyl (C=O) groups is 1. The molecule has 0 N–H and O–H groups in total. The van der Waals surface area contributed by atoms with Gasteiger partial charge in [0.1, 0.15) is 6.29 Å². The zero-order valence-electron chi connectivity index (χ0n) is 8.36. The van der Waals surface area contributed by atoms with Gasteiger partial charge in [-0.3, -0.25) is 0 Å². The molecular weight excluding hydrogens is 168 g/mol. The summed E-state index contributed by atoms with van der Waals surface area (Å²) in [4.78, 5) is 10.1. The molecule has 0 saturated carbocycles. The molecule has 0 aromatic rings. The summed E-state index contributed by atoms with van der Waals surface area (Å²) >= 11 is 0. The van der Waals surface area contributed by atoms with Gasteiger partial charge in [0.15, 0.2) is 6.29 Å². The molecule has 0 unspecified atom stereocenters. The first-order chi connectivity index (χ1) is 6.24. The van der Waals surface area contributed by atoms with E-state index in [-0.39, 0.29) is 6.29 Å². The summed E-state index contributed by atoms with van der Waals surface area (Å²) in [5, 5.41) is 0. The van der Waals surface area contributed by atoms with Crippen LogP contribution in [0.15, 0.2) is 0 Å². The molecule has 0 atom stereocenters. The van der Waals surface area contributed by atoms with Crippen LogP contribution >= 0.6 is 0 Å². The third-order valence-electron chi connectivity index (χ3n) is 2.46. The summed E-state index contributed by atoms with van der Waals surface area (Å²) < 4.78 is 10.9. The van der Waals surface area contributed by atoms with Gasteiger partial charge in [-0.1, -0.05) is 13.8 Å². The normalized spacial score (nSPS) is 29.2. The molecular formula is C10H18O3. The van der Waals surface area contributed by atoms with E-state index in [4.69, 9.17) is 9.47 Å². The van der Waals surface area contributed by atoms with E-state index in [2.05, 4.69) is 13.8 Å². The highest BCUT2D eigenvalue weighted by Gasteiger charge is 2.23. The monoisotopic (exact) mass is 186 g/mol. The zero-order valence-corrected chi connectivity index (χ0v) is 8.36. The first-order valence-corrected chi connectivity index (χ1v) is 4.91. The third kappa shape index (κ3) is 3.44. The summed E-state index contributed by atoms with van der Waals surface area (Å²) in [5.74, 6) is 1.11. The number of hydrogen-bond donors (Lipinski definition) is 0. The van der Waals surface area contributed by atoms with Crippen LogP contribution < -0.4 is 0 Å². The Morgan fingerprint density at radius 3 is 2.46 bits per heavy atom. The number of ether oxygens (including phenoxy) is 2. The largest absolute Gasteiger partial charge is 0.352 e. The van der Waals surface area contributed by atoms with Crippen LogP contribution in [-0.2, 0) is 14.3 Å². The van der Waals surface area contributed by atoms with Crippen LogP contribution in [-0.4, -0.2) is 25.8 Å². The molecule has 0 spiro atoms. The molecule has 1 saturated heterocycles. The number of rotatable bonds is 4. The molecule has 0 bridgehead atoms. The van der Waals surface area contributed by atoms with E-state index in [1.165, 1.54) is 0 Å². The molecule has 0 aromatic heterocycles. The molecule has 1 fully saturated rings. The van der Waals surface area contributed by atoms with E-state index >= 15 is 0 Å². The van der Waals surface area contributed by atoms with E-state index in [9.17, 15) is 4.79 Å². The summed E-state index contributed by atoms with van der Waals surface area (Å²) in [5.41, 5.74) is 0. The van der Waals surface area contributed by atoms with Gasteiger partial charge in [-0.25, -0.2) is 0 Å². The maximum Gasteiger partial charge on any atom is 0.158 e. The summed E-state index contributed by atoms with van der Waals surface area (Å²) in [6.07, 6.45) is 1.97. The second-order valence-electron chi connectivity index (χ2n) is 3.84. The van der Waals surface area contributed by atoms with Crippen LogP contribution in [0.25, 0.3) is 0 Å². The van der Waals surface area contributed by atoms with E-state index in [0.29, 0.717) is 24.7 Å². The van der Waals surface area contributed by atoms with E-state index in [1.807, 2.05) is 0 Å². The lowest BCUT2D eigenvalue weighted by molar-refractivity contribution is -0.208. The van der Waals surface area contributed by atoms with Crippen LogP contribution in [0, 0.1) is 11.8 Å². The summed E-state index contributed by atoms with van der Waals surface area (Å²) in [6.45, 7) is 5.87. The SMILES string of the molecule is CC(C)C1COC(CCC=O)OC1. The Morgan fingerprint density at radius 2 is 2.00 bits per heavy atom. The summed E-state index contributed by atoms with van der Waals surface area (Å²) in [7, 11) is 0. The fourth-order valence-corrected chi connectivity index (χ4v) is 1.31. The van der Waals surface area contributed by atoms with Crippen molar-refractivity contribution in [1.82, 2.24) is 0 Å². The van der Waals surface area contributed by atoms with Crippen LogP contribution in [0.4, 0.5) is 0 Å². The van der Waals surface area contributed by atoms with Gasteiger partial charge in [0.05, 0.1) is 13.2 Å². The van der Waals surface area contributed by atoms with Gasteiger partial charge in [0, 0.05) is 18.8 Å². The van der Waals surface area contributed by atoms with Gasteiger partial charge in [0.25, 0.3) is 0 Å². The van der Waals surface area contributed by atoms with Crippen LogP contribution in [0.5, 0.6) is 0 Å². The maximum absolute atomic E-state index is 10.1. The predicted molar refractivity (Wildman–Crippen MR) is 49.3 cm³/mol. The standard InChI is InChI=1S/C10H18O3/c1-8(2)9-6-12-10(13-7-9)4-3-5-11/h5,8-10H,3-4,6-7H2,1-2H3. The lowest BCUT2D eigenvalue weighted by atomic mass is 9.97. The fraction of sp³-hybridized carbons (Fsp3) is 0.900. The Balaban J connectivity index is 2.18. The minimum atomic E-state index is -0.153. The number of carbonyl (C=O) groups excluding carboxylic acids is 1. The van der Waals surface area contributed by atoms with Crippen molar-refractivity contribution >= 4 is 6.29 Å².